The first-order chi connectivity index (χ1) is 13.9. The molecule has 1 fully saturated rings. The van der Waals surface area contributed by atoms with Gasteiger partial charge in [-0.25, -0.2) is 0 Å². The summed E-state index contributed by atoms with van der Waals surface area (Å²) in [5.74, 6) is 1.01. The number of carbonyl (C=O) groups excluding carboxylic acids is 1. The monoisotopic (exact) mass is 396 g/mol. The van der Waals surface area contributed by atoms with Crippen LogP contribution in [0.2, 0.25) is 0 Å². The summed E-state index contributed by atoms with van der Waals surface area (Å²) in [5, 5.41) is 11.4. The number of rotatable bonds is 7. The van der Waals surface area contributed by atoms with Gasteiger partial charge in [0.2, 0.25) is 5.91 Å². The molecule has 3 rings (SSSR count). The fourth-order valence-corrected chi connectivity index (χ4v) is 4.20. The highest BCUT2D eigenvalue weighted by Gasteiger charge is 2.44. The van der Waals surface area contributed by atoms with Crippen LogP contribution in [0.4, 0.5) is 0 Å². The molecule has 0 unspecified atom stereocenters. The van der Waals surface area contributed by atoms with Crippen molar-refractivity contribution < 1.29 is 14.6 Å². The fraction of sp³-hybridized carbons (Fsp3) is 0.458. The molecular weight excluding hydrogens is 364 g/mol. The SMILES string of the molecule is COc1ccc(CCCC(=O)N2CC[C@](O)(c3ccccc3)[C@H](N(C)C)C2)cc1. The van der Waals surface area contributed by atoms with Crippen LogP contribution < -0.4 is 4.74 Å². The molecule has 1 amide bonds. The molecule has 1 saturated heterocycles. The van der Waals surface area contributed by atoms with Gasteiger partial charge in [0.1, 0.15) is 11.4 Å². The third-order valence-corrected chi connectivity index (χ3v) is 5.97. The second-order valence-corrected chi connectivity index (χ2v) is 8.06. The van der Waals surface area contributed by atoms with Crippen LogP contribution >= 0.6 is 0 Å². The van der Waals surface area contributed by atoms with Crippen molar-refractivity contribution in [3.8, 4) is 5.75 Å². The molecule has 156 valence electrons. The minimum atomic E-state index is -0.940. The van der Waals surface area contributed by atoms with Gasteiger partial charge in [0, 0.05) is 19.5 Å². The van der Waals surface area contributed by atoms with Gasteiger partial charge in [0.15, 0.2) is 0 Å². The van der Waals surface area contributed by atoms with E-state index in [4.69, 9.17) is 4.74 Å². The van der Waals surface area contributed by atoms with Crippen molar-refractivity contribution in [1.29, 1.82) is 0 Å². The molecule has 2 atom stereocenters. The molecule has 5 nitrogen and oxygen atoms in total. The molecule has 0 radical (unpaired) electrons. The Morgan fingerprint density at radius 1 is 1.17 bits per heavy atom. The lowest BCUT2D eigenvalue weighted by Crippen LogP contribution is -2.60. The molecule has 2 aromatic rings. The Labute approximate surface area is 173 Å². The molecular formula is C24H32N2O3. The lowest BCUT2D eigenvalue weighted by molar-refractivity contribution is -0.142. The van der Waals surface area contributed by atoms with Crippen molar-refractivity contribution in [2.75, 3.05) is 34.3 Å². The van der Waals surface area contributed by atoms with E-state index in [1.807, 2.05) is 78.5 Å². The van der Waals surface area contributed by atoms with Gasteiger partial charge < -0.3 is 19.6 Å². The number of hydrogen-bond acceptors (Lipinski definition) is 4. The predicted octanol–water partition coefficient (Wildman–Crippen LogP) is 3.07. The van der Waals surface area contributed by atoms with E-state index in [0.29, 0.717) is 25.9 Å². The lowest BCUT2D eigenvalue weighted by atomic mass is 9.79. The number of benzene rings is 2. The molecule has 29 heavy (non-hydrogen) atoms. The highest BCUT2D eigenvalue weighted by molar-refractivity contribution is 5.76. The van der Waals surface area contributed by atoms with Crippen LogP contribution in [0.5, 0.6) is 5.75 Å². The average Bonchev–Trinajstić information content (AvgIpc) is 2.75. The minimum absolute atomic E-state index is 0.135. The number of aryl methyl sites for hydroxylation is 1. The molecule has 0 saturated carbocycles. The van der Waals surface area contributed by atoms with Crippen molar-refractivity contribution in [1.82, 2.24) is 9.80 Å². The maximum Gasteiger partial charge on any atom is 0.222 e. The number of ether oxygens (including phenoxy) is 1. The Balaban J connectivity index is 1.58. The van der Waals surface area contributed by atoms with Gasteiger partial charge in [-0.3, -0.25) is 4.79 Å². The number of piperidine rings is 1. The van der Waals surface area contributed by atoms with E-state index < -0.39 is 5.60 Å². The minimum Gasteiger partial charge on any atom is -0.497 e. The van der Waals surface area contributed by atoms with Gasteiger partial charge in [-0.1, -0.05) is 42.5 Å². The Kier molecular flexibility index (Phi) is 6.93. The zero-order valence-electron chi connectivity index (χ0n) is 17.7. The first kappa shape index (κ1) is 21.3. The highest BCUT2D eigenvalue weighted by atomic mass is 16.5. The van der Waals surface area contributed by atoms with Crippen LogP contribution in [0.15, 0.2) is 54.6 Å². The molecule has 0 spiro atoms. The maximum atomic E-state index is 12.8. The summed E-state index contributed by atoms with van der Waals surface area (Å²) in [6.45, 7) is 1.12. The zero-order chi connectivity index (χ0) is 20.9. The third kappa shape index (κ3) is 4.98. The highest BCUT2D eigenvalue weighted by Crippen LogP contribution is 2.35. The van der Waals surface area contributed by atoms with Crippen LogP contribution in [0, 0.1) is 0 Å². The van der Waals surface area contributed by atoms with E-state index in [1.165, 1.54) is 5.56 Å². The second-order valence-electron chi connectivity index (χ2n) is 8.06. The summed E-state index contributed by atoms with van der Waals surface area (Å²) >= 11 is 0. The molecule has 1 aliphatic heterocycles. The normalized spacial score (nSPS) is 22.0. The van der Waals surface area contributed by atoms with Crippen LogP contribution in [-0.4, -0.2) is 61.2 Å². The van der Waals surface area contributed by atoms with Crippen molar-refractivity contribution in [3.63, 3.8) is 0 Å². The van der Waals surface area contributed by atoms with Gasteiger partial charge in [-0.05, 0) is 56.6 Å². The van der Waals surface area contributed by atoms with Gasteiger partial charge in [-0.2, -0.15) is 0 Å². The summed E-state index contributed by atoms with van der Waals surface area (Å²) in [6.07, 6.45) is 2.76. The van der Waals surface area contributed by atoms with Gasteiger partial charge in [0.25, 0.3) is 0 Å². The number of nitrogens with zero attached hydrogens (tertiary/aromatic N) is 2. The number of amides is 1. The van der Waals surface area contributed by atoms with Crippen LogP contribution in [-0.2, 0) is 16.8 Å². The number of carbonyl (C=O) groups is 1. The molecule has 1 heterocycles. The van der Waals surface area contributed by atoms with Gasteiger partial charge >= 0.3 is 0 Å². The van der Waals surface area contributed by atoms with Gasteiger partial charge in [0.05, 0.1) is 13.2 Å². The summed E-state index contributed by atoms with van der Waals surface area (Å²) < 4.78 is 5.18. The number of likely N-dealkylation sites (tertiary alicyclic amines) is 1. The Morgan fingerprint density at radius 3 is 2.48 bits per heavy atom. The Hall–Kier alpha value is -2.37. The standard InChI is InChI=1S/C24H32N2O3/c1-25(2)22-18-26(17-16-24(22,28)20-9-5-4-6-10-20)23(27)11-7-8-19-12-14-21(29-3)15-13-19/h4-6,9-10,12-15,22,28H,7-8,11,16-18H2,1-3H3/t22-,24+/m1/s1. The van der Waals surface area contributed by atoms with E-state index in [0.717, 1.165) is 24.2 Å². The molecule has 1 aliphatic rings. The van der Waals surface area contributed by atoms with E-state index >= 15 is 0 Å². The van der Waals surface area contributed by atoms with E-state index in [1.54, 1.807) is 7.11 Å². The summed E-state index contributed by atoms with van der Waals surface area (Å²) in [6, 6.07) is 17.7. The second kappa shape index (κ2) is 9.42. The Bertz CT molecular complexity index is 792. The average molecular weight is 397 g/mol. The largest absolute Gasteiger partial charge is 0.497 e. The summed E-state index contributed by atoms with van der Waals surface area (Å²) in [4.78, 5) is 16.8. The van der Waals surface area contributed by atoms with E-state index in [2.05, 4.69) is 0 Å². The van der Waals surface area contributed by atoms with Crippen molar-refractivity contribution in [2.45, 2.75) is 37.3 Å². The molecule has 1 N–H and O–H groups in total. The maximum absolute atomic E-state index is 12.8. The number of methoxy groups -OCH3 is 1. The van der Waals surface area contributed by atoms with Crippen LogP contribution in [0.1, 0.15) is 30.4 Å². The fourth-order valence-electron chi connectivity index (χ4n) is 4.20. The van der Waals surface area contributed by atoms with Crippen LogP contribution in [0.3, 0.4) is 0 Å². The molecule has 0 aliphatic carbocycles. The number of likely N-dealkylation sites (N-methyl/N-ethyl adjacent to an activating group) is 1. The topological polar surface area (TPSA) is 53.0 Å². The molecule has 5 heteroatoms. The lowest BCUT2D eigenvalue weighted by Gasteiger charge is -2.47. The van der Waals surface area contributed by atoms with Crippen molar-refractivity contribution >= 4 is 5.91 Å². The predicted molar refractivity (Wildman–Crippen MR) is 115 cm³/mol. The number of aliphatic hydroxyl groups is 1. The molecule has 2 aromatic carbocycles. The molecule has 0 aromatic heterocycles. The van der Waals surface area contributed by atoms with E-state index in [9.17, 15) is 9.90 Å². The smallest absolute Gasteiger partial charge is 0.222 e. The van der Waals surface area contributed by atoms with E-state index in [-0.39, 0.29) is 11.9 Å². The molecule has 0 bridgehead atoms. The van der Waals surface area contributed by atoms with Crippen LogP contribution in [0.25, 0.3) is 0 Å². The quantitative estimate of drug-likeness (QED) is 0.782. The summed E-state index contributed by atoms with van der Waals surface area (Å²) in [5.41, 5.74) is 1.19. The third-order valence-electron chi connectivity index (χ3n) is 5.97. The number of hydrogen-bond donors (Lipinski definition) is 1. The van der Waals surface area contributed by atoms with Crippen molar-refractivity contribution in [3.05, 3.63) is 65.7 Å². The first-order valence-corrected chi connectivity index (χ1v) is 10.3. The van der Waals surface area contributed by atoms with Gasteiger partial charge in [-0.15, -0.1) is 0 Å². The zero-order valence-corrected chi connectivity index (χ0v) is 17.7. The summed E-state index contributed by atoms with van der Waals surface area (Å²) in [7, 11) is 5.60. The van der Waals surface area contributed by atoms with Crippen molar-refractivity contribution in [2.24, 2.45) is 0 Å². The first-order valence-electron chi connectivity index (χ1n) is 10.3. The Morgan fingerprint density at radius 2 is 1.86 bits per heavy atom.